The molecule has 2 aromatic rings. The smallest absolute Gasteiger partial charge is 0.245 e. The zero-order valence-electron chi connectivity index (χ0n) is 13.6. The molecule has 0 unspecified atom stereocenters. The predicted octanol–water partition coefficient (Wildman–Crippen LogP) is 1.58. The average molecular weight is 326 g/mol. The molecule has 2 heterocycles. The van der Waals surface area contributed by atoms with Crippen LogP contribution in [0.3, 0.4) is 0 Å². The van der Waals surface area contributed by atoms with Gasteiger partial charge < -0.3 is 10.2 Å². The molecule has 0 saturated carbocycles. The van der Waals surface area contributed by atoms with Crippen LogP contribution in [0, 0.1) is 0 Å². The second kappa shape index (κ2) is 7.77. The van der Waals surface area contributed by atoms with E-state index in [1.165, 1.54) is 0 Å². The second-order valence-electron chi connectivity index (χ2n) is 6.03. The van der Waals surface area contributed by atoms with Crippen molar-refractivity contribution in [3.8, 4) is 0 Å². The maximum atomic E-state index is 12.6. The fourth-order valence-electron chi connectivity index (χ4n) is 2.95. The highest BCUT2D eigenvalue weighted by molar-refractivity contribution is 5.88. The molecule has 1 aromatic carbocycles. The van der Waals surface area contributed by atoms with Crippen LogP contribution in [0.1, 0.15) is 24.8 Å². The van der Waals surface area contributed by atoms with E-state index in [0.717, 1.165) is 18.5 Å². The van der Waals surface area contributed by atoms with Crippen molar-refractivity contribution in [1.29, 1.82) is 0 Å². The number of nitrogens with one attached hydrogen (secondary N) is 1. The number of aryl methyl sites for hydroxylation is 1. The number of nitrogens with zero attached hydrogens (tertiary/aromatic N) is 3. The minimum Gasteiger partial charge on any atom is -0.344 e. The second-order valence-corrected chi connectivity index (χ2v) is 6.03. The van der Waals surface area contributed by atoms with Gasteiger partial charge in [0.2, 0.25) is 11.8 Å². The molecule has 1 aliphatic heterocycles. The quantitative estimate of drug-likeness (QED) is 0.876. The highest BCUT2D eigenvalue weighted by Crippen LogP contribution is 2.15. The van der Waals surface area contributed by atoms with Crippen LogP contribution in [0.5, 0.6) is 0 Å². The van der Waals surface area contributed by atoms with Gasteiger partial charge in [-0.3, -0.25) is 14.3 Å². The summed E-state index contributed by atoms with van der Waals surface area (Å²) in [5.74, 6) is -0.0945. The number of hydrogen-bond donors (Lipinski definition) is 1. The largest absolute Gasteiger partial charge is 0.344 e. The number of rotatable bonds is 6. The minimum atomic E-state index is -0.410. The van der Waals surface area contributed by atoms with Crippen LogP contribution in [0.25, 0.3) is 0 Å². The van der Waals surface area contributed by atoms with Gasteiger partial charge in [-0.15, -0.1) is 0 Å². The lowest BCUT2D eigenvalue weighted by atomic mass is 10.0. The SMILES string of the molecule is O=C(CCn1cccn1)N[C@H]1CCCN(Cc2ccccc2)C1=O. The van der Waals surface area contributed by atoms with Gasteiger partial charge in [0.05, 0.1) is 0 Å². The Morgan fingerprint density at radius 3 is 2.83 bits per heavy atom. The molecule has 24 heavy (non-hydrogen) atoms. The van der Waals surface area contributed by atoms with Crippen LogP contribution in [0.2, 0.25) is 0 Å². The third-order valence-corrected chi connectivity index (χ3v) is 4.21. The molecule has 6 heteroatoms. The van der Waals surface area contributed by atoms with E-state index in [1.54, 1.807) is 10.9 Å². The fraction of sp³-hybridized carbons (Fsp3) is 0.389. The van der Waals surface area contributed by atoms with Gasteiger partial charge in [0, 0.05) is 38.4 Å². The molecule has 1 atom stereocenters. The lowest BCUT2D eigenvalue weighted by molar-refractivity contribution is -0.139. The Morgan fingerprint density at radius 1 is 1.25 bits per heavy atom. The fourth-order valence-corrected chi connectivity index (χ4v) is 2.95. The van der Waals surface area contributed by atoms with Gasteiger partial charge in [0.1, 0.15) is 6.04 Å². The Kier molecular flexibility index (Phi) is 5.25. The monoisotopic (exact) mass is 326 g/mol. The average Bonchev–Trinajstić information content (AvgIpc) is 3.11. The first-order valence-corrected chi connectivity index (χ1v) is 8.32. The molecule has 6 nitrogen and oxygen atoms in total. The molecule has 0 aliphatic carbocycles. The Balaban J connectivity index is 1.51. The first kappa shape index (κ1) is 16.2. The van der Waals surface area contributed by atoms with Crippen LogP contribution >= 0.6 is 0 Å². The van der Waals surface area contributed by atoms with Crippen molar-refractivity contribution in [3.63, 3.8) is 0 Å². The van der Waals surface area contributed by atoms with Gasteiger partial charge in [-0.05, 0) is 24.5 Å². The number of benzene rings is 1. The van der Waals surface area contributed by atoms with Gasteiger partial charge in [0.25, 0.3) is 0 Å². The zero-order valence-corrected chi connectivity index (χ0v) is 13.6. The molecular formula is C18H22N4O2. The van der Waals surface area contributed by atoms with Gasteiger partial charge in [-0.2, -0.15) is 5.10 Å². The summed E-state index contributed by atoms with van der Waals surface area (Å²) in [5.41, 5.74) is 1.11. The summed E-state index contributed by atoms with van der Waals surface area (Å²) in [6, 6.07) is 11.3. The molecule has 126 valence electrons. The summed E-state index contributed by atoms with van der Waals surface area (Å²) < 4.78 is 1.71. The summed E-state index contributed by atoms with van der Waals surface area (Å²) in [4.78, 5) is 26.5. The summed E-state index contributed by atoms with van der Waals surface area (Å²) in [5, 5.41) is 6.95. The van der Waals surface area contributed by atoms with Gasteiger partial charge in [-0.25, -0.2) is 0 Å². The first-order chi connectivity index (χ1) is 11.7. The van der Waals surface area contributed by atoms with Crippen molar-refractivity contribution in [2.75, 3.05) is 6.54 Å². The molecule has 3 rings (SSSR count). The molecular weight excluding hydrogens is 304 g/mol. The highest BCUT2D eigenvalue weighted by Gasteiger charge is 2.29. The van der Waals surface area contributed by atoms with E-state index in [9.17, 15) is 9.59 Å². The molecule has 1 N–H and O–H groups in total. The van der Waals surface area contributed by atoms with Crippen molar-refractivity contribution in [2.45, 2.75) is 38.4 Å². The van der Waals surface area contributed by atoms with Crippen molar-refractivity contribution >= 4 is 11.8 Å². The van der Waals surface area contributed by atoms with Crippen LogP contribution in [0.15, 0.2) is 48.8 Å². The summed E-state index contributed by atoms with van der Waals surface area (Å²) >= 11 is 0. The lowest BCUT2D eigenvalue weighted by Crippen LogP contribution is -2.52. The Labute approximate surface area is 141 Å². The maximum absolute atomic E-state index is 12.6. The number of likely N-dealkylation sites (tertiary alicyclic amines) is 1. The van der Waals surface area contributed by atoms with E-state index in [1.807, 2.05) is 47.5 Å². The third-order valence-electron chi connectivity index (χ3n) is 4.21. The van der Waals surface area contributed by atoms with Crippen molar-refractivity contribution in [3.05, 3.63) is 54.4 Å². The van der Waals surface area contributed by atoms with Crippen LogP contribution in [0.4, 0.5) is 0 Å². The normalized spacial score (nSPS) is 17.8. The number of piperidine rings is 1. The lowest BCUT2D eigenvalue weighted by Gasteiger charge is -2.32. The van der Waals surface area contributed by atoms with E-state index in [0.29, 0.717) is 25.9 Å². The molecule has 0 radical (unpaired) electrons. The number of hydrogen-bond acceptors (Lipinski definition) is 3. The number of carbonyl (C=O) groups excluding carboxylic acids is 2. The molecule has 1 aromatic heterocycles. The zero-order chi connectivity index (χ0) is 16.8. The molecule has 1 fully saturated rings. The summed E-state index contributed by atoms with van der Waals surface area (Å²) in [6.07, 6.45) is 5.44. The van der Waals surface area contributed by atoms with Crippen molar-refractivity contribution in [2.24, 2.45) is 0 Å². The Morgan fingerprint density at radius 2 is 2.08 bits per heavy atom. The van der Waals surface area contributed by atoms with Gasteiger partial charge >= 0.3 is 0 Å². The Bertz CT molecular complexity index is 670. The van der Waals surface area contributed by atoms with Gasteiger partial charge in [-0.1, -0.05) is 30.3 Å². The molecule has 1 aliphatic rings. The van der Waals surface area contributed by atoms with E-state index in [2.05, 4.69) is 10.4 Å². The maximum Gasteiger partial charge on any atom is 0.245 e. The van der Waals surface area contributed by atoms with E-state index in [4.69, 9.17) is 0 Å². The topological polar surface area (TPSA) is 67.2 Å². The van der Waals surface area contributed by atoms with Crippen LogP contribution in [-0.2, 0) is 22.7 Å². The number of aromatic nitrogens is 2. The first-order valence-electron chi connectivity index (χ1n) is 8.32. The van der Waals surface area contributed by atoms with E-state index in [-0.39, 0.29) is 11.8 Å². The minimum absolute atomic E-state index is 0.0116. The highest BCUT2D eigenvalue weighted by atomic mass is 16.2. The summed E-state index contributed by atoms with van der Waals surface area (Å²) in [7, 11) is 0. The van der Waals surface area contributed by atoms with Crippen molar-refractivity contribution in [1.82, 2.24) is 20.0 Å². The summed E-state index contributed by atoms with van der Waals surface area (Å²) in [6.45, 7) is 1.86. The molecule has 0 spiro atoms. The molecule has 2 amide bonds. The van der Waals surface area contributed by atoms with Gasteiger partial charge in [0.15, 0.2) is 0 Å². The molecule has 1 saturated heterocycles. The van der Waals surface area contributed by atoms with E-state index < -0.39 is 6.04 Å². The van der Waals surface area contributed by atoms with Crippen LogP contribution in [-0.4, -0.2) is 39.1 Å². The number of carbonyl (C=O) groups is 2. The van der Waals surface area contributed by atoms with E-state index >= 15 is 0 Å². The number of amides is 2. The third kappa shape index (κ3) is 4.22. The standard InChI is InChI=1S/C18H22N4O2/c23-17(9-13-22-12-5-10-19-22)20-16-8-4-11-21(18(16)24)14-15-6-2-1-3-7-15/h1-3,5-7,10,12,16H,4,8-9,11,13-14H2,(H,20,23)/t16-/m0/s1. The molecule has 0 bridgehead atoms. The van der Waals surface area contributed by atoms with Crippen molar-refractivity contribution < 1.29 is 9.59 Å². The van der Waals surface area contributed by atoms with Crippen LogP contribution < -0.4 is 5.32 Å². The predicted molar refractivity (Wildman–Crippen MR) is 89.9 cm³/mol. The Hall–Kier alpha value is -2.63.